The Labute approximate surface area is 123 Å². The van der Waals surface area contributed by atoms with Gasteiger partial charge in [0.25, 0.3) is 0 Å². The summed E-state index contributed by atoms with van der Waals surface area (Å²) in [6.45, 7) is 6.39. The normalized spacial score (nSPS) is 26.9. The van der Waals surface area contributed by atoms with E-state index in [0.29, 0.717) is 5.54 Å². The third kappa shape index (κ3) is 3.80. The zero-order chi connectivity index (χ0) is 14.6. The lowest BCUT2D eigenvalue weighted by atomic mass is 9.75. The third-order valence-electron chi connectivity index (χ3n) is 4.75. The van der Waals surface area contributed by atoms with Crippen molar-refractivity contribution in [2.75, 3.05) is 20.6 Å². The monoisotopic (exact) mass is 275 g/mol. The second-order valence-electron chi connectivity index (χ2n) is 6.75. The molecule has 1 N–H and O–H groups in total. The summed E-state index contributed by atoms with van der Waals surface area (Å²) in [5.41, 5.74) is 2.68. The molecule has 0 radical (unpaired) electrons. The van der Waals surface area contributed by atoms with Crippen molar-refractivity contribution in [2.24, 2.45) is 5.92 Å². The van der Waals surface area contributed by atoms with Gasteiger partial charge in [-0.2, -0.15) is 0 Å². The average Bonchev–Trinajstić information content (AvgIpc) is 2.41. The van der Waals surface area contributed by atoms with Crippen LogP contribution in [0.3, 0.4) is 0 Å². The van der Waals surface area contributed by atoms with Gasteiger partial charge in [0.05, 0.1) is 5.69 Å². The van der Waals surface area contributed by atoms with Crippen molar-refractivity contribution in [3.05, 3.63) is 29.6 Å². The highest BCUT2D eigenvalue weighted by Crippen LogP contribution is 2.35. The number of hydrogen-bond donors (Lipinski definition) is 1. The maximum Gasteiger partial charge on any atom is 0.0541 e. The molecule has 1 aromatic rings. The van der Waals surface area contributed by atoms with Crippen molar-refractivity contribution in [3.8, 4) is 0 Å². The van der Waals surface area contributed by atoms with Crippen LogP contribution >= 0.6 is 0 Å². The van der Waals surface area contributed by atoms with Crippen LogP contribution in [0.5, 0.6) is 0 Å². The van der Waals surface area contributed by atoms with Gasteiger partial charge in [0.15, 0.2) is 0 Å². The van der Waals surface area contributed by atoms with Gasteiger partial charge in [-0.05, 0) is 51.4 Å². The molecule has 3 heteroatoms. The van der Waals surface area contributed by atoms with E-state index in [1.165, 1.54) is 31.2 Å². The molecule has 0 aromatic carbocycles. The molecule has 0 amide bonds. The molecule has 0 saturated heterocycles. The Hall–Kier alpha value is -0.930. The van der Waals surface area contributed by atoms with Crippen molar-refractivity contribution in [2.45, 2.75) is 51.6 Å². The predicted molar refractivity (Wildman–Crippen MR) is 84.7 cm³/mol. The molecule has 112 valence electrons. The number of aryl methyl sites for hydroxylation is 1. The summed E-state index contributed by atoms with van der Waals surface area (Å²) < 4.78 is 0. The van der Waals surface area contributed by atoms with Gasteiger partial charge in [0.1, 0.15) is 0 Å². The molecule has 1 aliphatic rings. The first-order valence-electron chi connectivity index (χ1n) is 7.81. The van der Waals surface area contributed by atoms with E-state index in [2.05, 4.69) is 55.3 Å². The van der Waals surface area contributed by atoms with E-state index in [4.69, 9.17) is 0 Å². The maximum atomic E-state index is 4.47. The standard InChI is InChI=1S/C17H29N3/c1-14-6-5-9-17(10-14,20(3)4)13-18-12-16-8-7-15(2)11-19-16/h7-8,11,14,18H,5-6,9-10,12-13H2,1-4H3. The summed E-state index contributed by atoms with van der Waals surface area (Å²) in [6, 6.07) is 4.25. The highest BCUT2D eigenvalue weighted by molar-refractivity contribution is 5.12. The van der Waals surface area contributed by atoms with Crippen LogP contribution in [0, 0.1) is 12.8 Å². The zero-order valence-electron chi connectivity index (χ0n) is 13.4. The number of aromatic nitrogens is 1. The first-order chi connectivity index (χ1) is 9.52. The third-order valence-corrected chi connectivity index (χ3v) is 4.75. The van der Waals surface area contributed by atoms with E-state index in [0.717, 1.165) is 24.7 Å². The lowest BCUT2D eigenvalue weighted by molar-refractivity contribution is 0.0749. The molecule has 1 heterocycles. The van der Waals surface area contributed by atoms with Gasteiger partial charge in [0.2, 0.25) is 0 Å². The summed E-state index contributed by atoms with van der Waals surface area (Å²) in [6.07, 6.45) is 7.29. The van der Waals surface area contributed by atoms with Crippen LogP contribution < -0.4 is 5.32 Å². The van der Waals surface area contributed by atoms with Crippen molar-refractivity contribution in [3.63, 3.8) is 0 Å². The highest BCUT2D eigenvalue weighted by Gasteiger charge is 2.36. The van der Waals surface area contributed by atoms with Gasteiger partial charge in [0, 0.05) is 24.8 Å². The highest BCUT2D eigenvalue weighted by atomic mass is 15.2. The quantitative estimate of drug-likeness (QED) is 0.895. The Bertz CT molecular complexity index is 413. The van der Waals surface area contributed by atoms with Gasteiger partial charge in [-0.25, -0.2) is 0 Å². The van der Waals surface area contributed by atoms with Crippen molar-refractivity contribution >= 4 is 0 Å². The summed E-state index contributed by atoms with van der Waals surface area (Å²) in [7, 11) is 4.45. The van der Waals surface area contributed by atoms with Gasteiger partial charge >= 0.3 is 0 Å². The molecule has 1 saturated carbocycles. The molecule has 1 fully saturated rings. The van der Waals surface area contributed by atoms with Crippen molar-refractivity contribution in [1.82, 2.24) is 15.2 Å². The summed E-state index contributed by atoms with van der Waals surface area (Å²) >= 11 is 0. The van der Waals surface area contributed by atoms with Crippen LogP contribution in [0.15, 0.2) is 18.3 Å². The van der Waals surface area contributed by atoms with Crippen LogP contribution in [0.2, 0.25) is 0 Å². The predicted octanol–water partition coefficient (Wildman–Crippen LogP) is 2.99. The van der Waals surface area contributed by atoms with Crippen molar-refractivity contribution < 1.29 is 0 Å². The minimum absolute atomic E-state index is 0.322. The van der Waals surface area contributed by atoms with E-state index < -0.39 is 0 Å². The number of nitrogens with zero attached hydrogens (tertiary/aromatic N) is 2. The van der Waals surface area contributed by atoms with Gasteiger partial charge in [-0.1, -0.05) is 25.8 Å². The Kier molecular flexibility index (Phi) is 5.17. The molecule has 0 bridgehead atoms. The van der Waals surface area contributed by atoms with E-state index in [1.54, 1.807) is 0 Å². The fourth-order valence-electron chi connectivity index (χ4n) is 3.38. The molecule has 1 aromatic heterocycles. The maximum absolute atomic E-state index is 4.47. The minimum Gasteiger partial charge on any atom is -0.309 e. The summed E-state index contributed by atoms with van der Waals surface area (Å²) in [4.78, 5) is 6.90. The minimum atomic E-state index is 0.322. The molecular formula is C17H29N3. The van der Waals surface area contributed by atoms with Crippen LogP contribution in [0.25, 0.3) is 0 Å². The lowest BCUT2D eigenvalue weighted by Crippen LogP contribution is -2.54. The van der Waals surface area contributed by atoms with Gasteiger partial charge in [-0.3, -0.25) is 4.98 Å². The van der Waals surface area contributed by atoms with E-state index in [9.17, 15) is 0 Å². The molecule has 0 spiro atoms. The molecule has 1 aliphatic carbocycles. The average molecular weight is 275 g/mol. The van der Waals surface area contributed by atoms with E-state index >= 15 is 0 Å². The number of rotatable bonds is 5. The smallest absolute Gasteiger partial charge is 0.0541 e. The molecule has 2 rings (SSSR count). The summed E-state index contributed by atoms with van der Waals surface area (Å²) in [5, 5.41) is 3.63. The Morgan fingerprint density at radius 3 is 2.80 bits per heavy atom. The SMILES string of the molecule is Cc1ccc(CNCC2(N(C)C)CCCC(C)C2)nc1. The van der Waals surface area contributed by atoms with Crippen LogP contribution in [-0.2, 0) is 6.54 Å². The molecule has 0 aliphatic heterocycles. The zero-order valence-corrected chi connectivity index (χ0v) is 13.4. The van der Waals surface area contributed by atoms with Gasteiger partial charge < -0.3 is 10.2 Å². The number of pyridine rings is 1. The summed E-state index contributed by atoms with van der Waals surface area (Å²) in [5.74, 6) is 0.838. The Morgan fingerprint density at radius 2 is 2.20 bits per heavy atom. The van der Waals surface area contributed by atoms with Crippen LogP contribution in [-0.4, -0.2) is 36.1 Å². The number of likely N-dealkylation sites (N-methyl/N-ethyl adjacent to an activating group) is 1. The van der Waals surface area contributed by atoms with Crippen LogP contribution in [0.4, 0.5) is 0 Å². The fraction of sp³-hybridized carbons (Fsp3) is 0.706. The first kappa shape index (κ1) is 15.5. The van der Waals surface area contributed by atoms with E-state index in [-0.39, 0.29) is 0 Å². The van der Waals surface area contributed by atoms with Gasteiger partial charge in [-0.15, -0.1) is 0 Å². The lowest BCUT2D eigenvalue weighted by Gasteiger charge is -2.45. The Morgan fingerprint density at radius 1 is 1.40 bits per heavy atom. The molecule has 2 unspecified atom stereocenters. The Balaban J connectivity index is 1.91. The molecule has 20 heavy (non-hydrogen) atoms. The fourth-order valence-corrected chi connectivity index (χ4v) is 3.38. The topological polar surface area (TPSA) is 28.2 Å². The number of hydrogen-bond acceptors (Lipinski definition) is 3. The molecule has 3 nitrogen and oxygen atoms in total. The second-order valence-corrected chi connectivity index (χ2v) is 6.75. The van der Waals surface area contributed by atoms with E-state index in [1.807, 2.05) is 6.20 Å². The second kappa shape index (κ2) is 6.68. The first-order valence-corrected chi connectivity index (χ1v) is 7.81. The largest absolute Gasteiger partial charge is 0.309 e. The van der Waals surface area contributed by atoms with Crippen molar-refractivity contribution in [1.29, 1.82) is 0 Å². The van der Waals surface area contributed by atoms with Crippen LogP contribution in [0.1, 0.15) is 43.9 Å². The molecular weight excluding hydrogens is 246 g/mol. The number of nitrogens with one attached hydrogen (secondary N) is 1. The molecule has 2 atom stereocenters.